The summed E-state index contributed by atoms with van der Waals surface area (Å²) in [5.74, 6) is -0.533. The monoisotopic (exact) mass is 289 g/mol. The van der Waals surface area contributed by atoms with Crippen molar-refractivity contribution in [3.05, 3.63) is 29.5 Å². The number of anilines is 1. The Morgan fingerprint density at radius 2 is 2.14 bits per heavy atom. The second-order valence-corrected chi connectivity index (χ2v) is 4.79. The molecule has 6 nitrogen and oxygen atoms in total. The van der Waals surface area contributed by atoms with E-state index in [0.717, 1.165) is 12.8 Å². The van der Waals surface area contributed by atoms with E-state index >= 15 is 0 Å². The zero-order valence-electron chi connectivity index (χ0n) is 11.9. The summed E-state index contributed by atoms with van der Waals surface area (Å²) in [6, 6.07) is 5.37. The highest BCUT2D eigenvalue weighted by molar-refractivity contribution is 6.06. The highest BCUT2D eigenvalue weighted by Gasteiger charge is 2.18. The highest BCUT2D eigenvalue weighted by Crippen LogP contribution is 2.33. The van der Waals surface area contributed by atoms with Crippen LogP contribution in [-0.4, -0.2) is 29.2 Å². The van der Waals surface area contributed by atoms with Crippen LogP contribution < -0.4 is 16.2 Å². The largest absolute Gasteiger partial charge is 0.493 e. The van der Waals surface area contributed by atoms with Crippen molar-refractivity contribution in [3.8, 4) is 5.75 Å². The number of aryl methyl sites for hydroxylation is 1. The third-order valence-electron chi connectivity index (χ3n) is 3.26. The molecule has 0 saturated heterocycles. The first-order valence-corrected chi connectivity index (χ1v) is 6.81. The first kappa shape index (κ1) is 15.1. The van der Waals surface area contributed by atoms with Gasteiger partial charge in [0.05, 0.1) is 28.9 Å². The van der Waals surface area contributed by atoms with Gasteiger partial charge in [0.25, 0.3) is 0 Å². The van der Waals surface area contributed by atoms with E-state index < -0.39 is 5.97 Å². The van der Waals surface area contributed by atoms with Crippen molar-refractivity contribution < 1.29 is 14.6 Å². The molecular formula is C15H19N3O3. The summed E-state index contributed by atoms with van der Waals surface area (Å²) in [5, 5.41) is 9.82. The number of fused-ring (bicyclic) bond motifs is 1. The van der Waals surface area contributed by atoms with Gasteiger partial charge >= 0.3 is 5.97 Å². The van der Waals surface area contributed by atoms with Gasteiger partial charge in [0, 0.05) is 0 Å². The number of aromatic carboxylic acids is 1. The van der Waals surface area contributed by atoms with Gasteiger partial charge in [-0.05, 0) is 38.4 Å². The number of nitrogens with two attached hydrogens (primary N) is 2. The van der Waals surface area contributed by atoms with Gasteiger partial charge in [-0.1, -0.05) is 6.07 Å². The number of aromatic nitrogens is 1. The maximum atomic E-state index is 11.3. The van der Waals surface area contributed by atoms with Crippen LogP contribution in [0.5, 0.6) is 5.75 Å². The third kappa shape index (κ3) is 3.05. The molecule has 1 aromatic carbocycles. The number of ether oxygens (including phenoxy) is 1. The number of benzene rings is 1. The van der Waals surface area contributed by atoms with E-state index in [9.17, 15) is 9.90 Å². The summed E-state index contributed by atoms with van der Waals surface area (Å²) < 4.78 is 5.71. The lowest BCUT2D eigenvalue weighted by Gasteiger charge is -2.13. The number of rotatable bonds is 6. The predicted molar refractivity (Wildman–Crippen MR) is 81.6 cm³/mol. The van der Waals surface area contributed by atoms with E-state index in [0.29, 0.717) is 35.5 Å². The zero-order valence-corrected chi connectivity index (χ0v) is 11.9. The van der Waals surface area contributed by atoms with E-state index in [1.165, 1.54) is 0 Å². The number of hydrogen-bond donors (Lipinski definition) is 3. The van der Waals surface area contributed by atoms with Crippen molar-refractivity contribution in [2.24, 2.45) is 5.73 Å². The van der Waals surface area contributed by atoms with Crippen molar-refractivity contribution in [1.82, 2.24) is 4.98 Å². The second kappa shape index (κ2) is 6.41. The number of carbonyl (C=O) groups is 1. The van der Waals surface area contributed by atoms with Crippen LogP contribution in [0, 0.1) is 6.92 Å². The molecule has 6 heteroatoms. The van der Waals surface area contributed by atoms with Gasteiger partial charge in [0.15, 0.2) is 0 Å². The summed E-state index contributed by atoms with van der Waals surface area (Å²) in [5.41, 5.74) is 12.7. The van der Waals surface area contributed by atoms with E-state index in [-0.39, 0.29) is 11.3 Å². The lowest BCUT2D eigenvalue weighted by Crippen LogP contribution is -2.09. The van der Waals surface area contributed by atoms with E-state index in [1.807, 2.05) is 6.07 Å². The van der Waals surface area contributed by atoms with Crippen LogP contribution in [0.3, 0.4) is 0 Å². The van der Waals surface area contributed by atoms with Gasteiger partial charge < -0.3 is 21.3 Å². The fourth-order valence-electron chi connectivity index (χ4n) is 2.26. The minimum Gasteiger partial charge on any atom is -0.493 e. The SMILES string of the molecule is Cc1nc2cccc(OCCCCN)c2c(N)c1C(=O)O. The van der Waals surface area contributed by atoms with Crippen molar-refractivity contribution >= 4 is 22.6 Å². The number of pyridine rings is 1. The quantitative estimate of drug-likeness (QED) is 0.701. The minimum atomic E-state index is -1.09. The lowest BCUT2D eigenvalue weighted by molar-refractivity contribution is 0.0697. The maximum absolute atomic E-state index is 11.3. The summed E-state index contributed by atoms with van der Waals surface area (Å²) in [6.07, 6.45) is 1.70. The fraction of sp³-hybridized carbons (Fsp3) is 0.333. The molecule has 1 heterocycles. The van der Waals surface area contributed by atoms with Crippen LogP contribution in [0.2, 0.25) is 0 Å². The molecule has 0 aliphatic heterocycles. The van der Waals surface area contributed by atoms with Crippen LogP contribution in [-0.2, 0) is 0 Å². The molecule has 0 fully saturated rings. The van der Waals surface area contributed by atoms with Gasteiger partial charge in [-0.3, -0.25) is 4.98 Å². The van der Waals surface area contributed by atoms with E-state index in [4.69, 9.17) is 16.2 Å². The van der Waals surface area contributed by atoms with E-state index in [2.05, 4.69) is 4.98 Å². The molecule has 2 rings (SSSR count). The smallest absolute Gasteiger partial charge is 0.339 e. The Labute approximate surface area is 122 Å². The molecule has 0 aliphatic carbocycles. The van der Waals surface area contributed by atoms with Crippen LogP contribution in [0.25, 0.3) is 10.9 Å². The topological polar surface area (TPSA) is 111 Å². The van der Waals surface area contributed by atoms with Gasteiger partial charge in [-0.25, -0.2) is 4.79 Å². The number of nitrogen functional groups attached to an aromatic ring is 1. The molecule has 2 aromatic rings. The molecule has 0 radical (unpaired) electrons. The second-order valence-electron chi connectivity index (χ2n) is 4.79. The summed E-state index contributed by atoms with van der Waals surface area (Å²) in [7, 11) is 0. The number of hydrogen-bond acceptors (Lipinski definition) is 5. The molecule has 0 saturated carbocycles. The molecule has 21 heavy (non-hydrogen) atoms. The van der Waals surface area contributed by atoms with E-state index in [1.54, 1.807) is 19.1 Å². The Morgan fingerprint density at radius 3 is 2.81 bits per heavy atom. The minimum absolute atomic E-state index is 0.0282. The maximum Gasteiger partial charge on any atom is 0.339 e. The Morgan fingerprint density at radius 1 is 1.38 bits per heavy atom. The van der Waals surface area contributed by atoms with Crippen molar-refractivity contribution in [3.63, 3.8) is 0 Å². The fourth-order valence-corrected chi connectivity index (χ4v) is 2.26. The first-order chi connectivity index (χ1) is 10.1. The highest BCUT2D eigenvalue weighted by atomic mass is 16.5. The van der Waals surface area contributed by atoms with Crippen molar-refractivity contribution in [1.29, 1.82) is 0 Å². The van der Waals surface area contributed by atoms with Crippen LogP contribution in [0.1, 0.15) is 28.9 Å². The molecule has 0 amide bonds. The average Bonchev–Trinajstić information content (AvgIpc) is 2.42. The van der Waals surface area contributed by atoms with Crippen molar-refractivity contribution in [2.75, 3.05) is 18.9 Å². The van der Waals surface area contributed by atoms with Gasteiger partial charge in [-0.15, -0.1) is 0 Å². The molecule has 1 aromatic heterocycles. The molecular weight excluding hydrogens is 270 g/mol. The Bertz CT molecular complexity index is 671. The molecule has 0 spiro atoms. The zero-order chi connectivity index (χ0) is 15.4. The first-order valence-electron chi connectivity index (χ1n) is 6.81. The number of carboxylic acid groups (broad SMARTS) is 1. The molecule has 0 atom stereocenters. The molecule has 0 unspecified atom stereocenters. The van der Waals surface area contributed by atoms with Crippen LogP contribution in [0.4, 0.5) is 5.69 Å². The number of nitrogens with zero attached hydrogens (tertiary/aromatic N) is 1. The van der Waals surface area contributed by atoms with Crippen molar-refractivity contribution in [2.45, 2.75) is 19.8 Å². The van der Waals surface area contributed by atoms with Gasteiger partial charge in [0.1, 0.15) is 11.3 Å². The van der Waals surface area contributed by atoms with Crippen LogP contribution in [0.15, 0.2) is 18.2 Å². The normalized spacial score (nSPS) is 10.8. The molecule has 0 aliphatic rings. The lowest BCUT2D eigenvalue weighted by atomic mass is 10.1. The summed E-state index contributed by atoms with van der Waals surface area (Å²) in [6.45, 7) is 2.75. The number of carboxylic acids is 1. The summed E-state index contributed by atoms with van der Waals surface area (Å²) >= 11 is 0. The third-order valence-corrected chi connectivity index (χ3v) is 3.26. The molecule has 0 bridgehead atoms. The number of unbranched alkanes of at least 4 members (excludes halogenated alkanes) is 1. The average molecular weight is 289 g/mol. The molecule has 112 valence electrons. The molecule has 5 N–H and O–H groups in total. The van der Waals surface area contributed by atoms with Gasteiger partial charge in [-0.2, -0.15) is 0 Å². The summed E-state index contributed by atoms with van der Waals surface area (Å²) in [4.78, 5) is 15.6. The Balaban J connectivity index is 2.47. The Kier molecular flexibility index (Phi) is 4.59. The van der Waals surface area contributed by atoms with Crippen LogP contribution >= 0.6 is 0 Å². The Hall–Kier alpha value is -2.34. The van der Waals surface area contributed by atoms with Gasteiger partial charge in [0.2, 0.25) is 0 Å². The predicted octanol–water partition coefficient (Wildman–Crippen LogP) is 1.94. The standard InChI is InChI=1S/C15H19N3O3/c1-9-12(15(19)20)14(17)13-10(18-9)5-4-6-11(13)21-8-3-2-7-16/h4-6H,2-3,7-8,16H2,1H3,(H2,17,18)(H,19,20).